The van der Waals surface area contributed by atoms with Crippen LogP contribution in [0.2, 0.25) is 0 Å². The highest BCUT2D eigenvalue weighted by Crippen LogP contribution is 2.06. The fraction of sp³-hybridized carbons (Fsp3) is 0.600. The van der Waals surface area contributed by atoms with Crippen LogP contribution in [0, 0.1) is 10.1 Å². The molecule has 0 radical (unpaired) electrons. The van der Waals surface area contributed by atoms with E-state index in [0.29, 0.717) is 0 Å². The average Bonchev–Trinajstić information content (AvgIpc) is 1.82. The number of halogens is 1. The van der Waals surface area contributed by atoms with Crippen LogP contribution in [0.25, 0.3) is 0 Å². The minimum absolute atomic E-state index is 0.0596. The summed E-state index contributed by atoms with van der Waals surface area (Å²) in [6.07, 6.45) is 3.24. The van der Waals surface area contributed by atoms with Gasteiger partial charge in [-0.3, -0.25) is 10.1 Å². The van der Waals surface area contributed by atoms with Gasteiger partial charge in [0.25, 0.3) is 0 Å². The van der Waals surface area contributed by atoms with Crippen LogP contribution < -0.4 is 0 Å². The van der Waals surface area contributed by atoms with E-state index in [0.717, 1.165) is 12.8 Å². The molecule has 0 aliphatic carbocycles. The molecule has 0 rings (SSSR count). The SMILES string of the molecule is CCC/C=C(\Br)[N+](=O)[O-]. The highest BCUT2D eigenvalue weighted by molar-refractivity contribution is 9.11. The number of nitro groups is 1. The molecular formula is C5H8BrNO2. The van der Waals surface area contributed by atoms with E-state index in [1.165, 1.54) is 0 Å². The zero-order valence-corrected chi connectivity index (χ0v) is 6.72. The predicted octanol–water partition coefficient (Wildman–Crippen LogP) is 2.30. The third kappa shape index (κ3) is 4.14. The Morgan fingerprint density at radius 1 is 1.89 bits per heavy atom. The number of hydrogen-bond donors (Lipinski definition) is 0. The molecule has 3 nitrogen and oxygen atoms in total. The zero-order valence-electron chi connectivity index (χ0n) is 5.13. The van der Waals surface area contributed by atoms with Crippen molar-refractivity contribution in [2.24, 2.45) is 0 Å². The van der Waals surface area contributed by atoms with Crippen molar-refractivity contribution >= 4 is 15.9 Å². The second-order valence-corrected chi connectivity index (χ2v) is 2.39. The first kappa shape index (κ1) is 8.62. The van der Waals surface area contributed by atoms with Crippen molar-refractivity contribution in [1.82, 2.24) is 0 Å². The van der Waals surface area contributed by atoms with Gasteiger partial charge in [0.2, 0.25) is 0 Å². The number of allylic oxidation sites excluding steroid dienone is 1. The normalized spacial score (nSPS) is 11.6. The number of nitrogens with zero attached hydrogens (tertiary/aromatic N) is 1. The van der Waals surface area contributed by atoms with Gasteiger partial charge in [-0.15, -0.1) is 0 Å². The van der Waals surface area contributed by atoms with Crippen LogP contribution in [0.1, 0.15) is 19.8 Å². The Kier molecular flexibility index (Phi) is 4.30. The number of hydrogen-bond acceptors (Lipinski definition) is 2. The maximum absolute atomic E-state index is 9.90. The summed E-state index contributed by atoms with van der Waals surface area (Å²) < 4.78 is 0.0596. The monoisotopic (exact) mass is 193 g/mol. The molecule has 0 aromatic carbocycles. The third-order valence-corrected chi connectivity index (χ3v) is 1.39. The van der Waals surface area contributed by atoms with Gasteiger partial charge >= 0.3 is 4.61 Å². The minimum atomic E-state index is -0.449. The van der Waals surface area contributed by atoms with Crippen molar-refractivity contribution in [3.8, 4) is 0 Å². The molecule has 0 unspecified atom stereocenters. The molecule has 0 aliphatic heterocycles. The van der Waals surface area contributed by atoms with Crippen molar-refractivity contribution in [3.63, 3.8) is 0 Å². The summed E-state index contributed by atoms with van der Waals surface area (Å²) in [7, 11) is 0. The van der Waals surface area contributed by atoms with Crippen LogP contribution in [-0.4, -0.2) is 4.92 Å². The van der Waals surface area contributed by atoms with Crippen LogP contribution >= 0.6 is 15.9 Å². The van der Waals surface area contributed by atoms with Gasteiger partial charge in [-0.1, -0.05) is 13.3 Å². The summed E-state index contributed by atoms with van der Waals surface area (Å²) >= 11 is 2.81. The maximum Gasteiger partial charge on any atom is 0.306 e. The minimum Gasteiger partial charge on any atom is -0.258 e. The molecule has 0 bridgehead atoms. The van der Waals surface area contributed by atoms with E-state index >= 15 is 0 Å². The largest absolute Gasteiger partial charge is 0.306 e. The molecule has 0 fully saturated rings. The first-order chi connectivity index (χ1) is 4.18. The van der Waals surface area contributed by atoms with Gasteiger partial charge in [0, 0.05) is 22.0 Å². The molecule has 0 aromatic heterocycles. The Labute approximate surface area is 62.0 Å². The Morgan fingerprint density at radius 2 is 2.44 bits per heavy atom. The van der Waals surface area contributed by atoms with Gasteiger partial charge in [0.05, 0.1) is 4.92 Å². The number of rotatable bonds is 3. The standard InChI is InChI=1S/C5H8BrNO2/c1-2-3-4-5(6)7(8)9/h4H,2-3H2,1H3/b5-4+. The van der Waals surface area contributed by atoms with Crippen LogP contribution in [-0.2, 0) is 0 Å². The van der Waals surface area contributed by atoms with Gasteiger partial charge < -0.3 is 0 Å². The molecule has 0 aliphatic rings. The Bertz CT molecular complexity index is 133. The molecule has 0 spiro atoms. The summed E-state index contributed by atoms with van der Waals surface area (Å²) in [5.41, 5.74) is 0. The van der Waals surface area contributed by atoms with E-state index in [2.05, 4.69) is 15.9 Å². The van der Waals surface area contributed by atoms with Gasteiger partial charge in [0.1, 0.15) is 0 Å². The molecule has 0 saturated carbocycles. The molecule has 9 heavy (non-hydrogen) atoms. The molecule has 0 aromatic rings. The summed E-state index contributed by atoms with van der Waals surface area (Å²) in [6, 6.07) is 0. The van der Waals surface area contributed by atoms with E-state index in [1.54, 1.807) is 6.08 Å². The highest BCUT2D eigenvalue weighted by Gasteiger charge is 2.00. The second kappa shape index (κ2) is 4.49. The van der Waals surface area contributed by atoms with Crippen molar-refractivity contribution in [2.45, 2.75) is 19.8 Å². The maximum atomic E-state index is 9.90. The van der Waals surface area contributed by atoms with Crippen molar-refractivity contribution in [3.05, 3.63) is 20.8 Å². The van der Waals surface area contributed by atoms with Gasteiger partial charge in [0.15, 0.2) is 0 Å². The van der Waals surface area contributed by atoms with Gasteiger partial charge in [-0.05, 0) is 6.42 Å². The predicted molar refractivity (Wildman–Crippen MR) is 38.9 cm³/mol. The smallest absolute Gasteiger partial charge is 0.258 e. The molecule has 0 amide bonds. The molecule has 4 heteroatoms. The van der Waals surface area contributed by atoms with Gasteiger partial charge in [-0.25, -0.2) is 0 Å². The quantitative estimate of drug-likeness (QED) is 0.393. The van der Waals surface area contributed by atoms with Crippen molar-refractivity contribution < 1.29 is 4.92 Å². The molecule has 52 valence electrons. The average molecular weight is 194 g/mol. The lowest BCUT2D eigenvalue weighted by Gasteiger charge is -1.84. The first-order valence-electron chi connectivity index (χ1n) is 2.68. The summed E-state index contributed by atoms with van der Waals surface area (Å²) in [5.74, 6) is 0. The fourth-order valence-electron chi connectivity index (χ4n) is 0.338. The lowest BCUT2D eigenvalue weighted by Crippen LogP contribution is -1.89. The molecule has 0 N–H and O–H groups in total. The molecule has 0 heterocycles. The van der Waals surface area contributed by atoms with E-state index in [1.807, 2.05) is 6.92 Å². The summed E-state index contributed by atoms with van der Waals surface area (Å²) in [6.45, 7) is 1.97. The Balaban J connectivity index is 3.69. The van der Waals surface area contributed by atoms with Crippen LogP contribution in [0.15, 0.2) is 10.7 Å². The van der Waals surface area contributed by atoms with Crippen LogP contribution in [0.3, 0.4) is 0 Å². The van der Waals surface area contributed by atoms with E-state index in [-0.39, 0.29) is 4.61 Å². The zero-order chi connectivity index (χ0) is 7.28. The fourth-order valence-corrected chi connectivity index (χ4v) is 0.567. The van der Waals surface area contributed by atoms with Crippen molar-refractivity contribution in [2.75, 3.05) is 0 Å². The number of unbranched alkanes of at least 4 members (excludes halogenated alkanes) is 1. The van der Waals surface area contributed by atoms with Gasteiger partial charge in [-0.2, -0.15) is 0 Å². The van der Waals surface area contributed by atoms with Crippen LogP contribution in [0.4, 0.5) is 0 Å². The van der Waals surface area contributed by atoms with E-state index in [4.69, 9.17) is 0 Å². The summed E-state index contributed by atoms with van der Waals surface area (Å²) in [5, 5.41) is 9.90. The second-order valence-electron chi connectivity index (χ2n) is 1.57. The Morgan fingerprint density at radius 3 is 2.78 bits per heavy atom. The molecule has 0 saturated heterocycles. The lowest BCUT2D eigenvalue weighted by atomic mass is 10.3. The third-order valence-electron chi connectivity index (χ3n) is 0.776. The lowest BCUT2D eigenvalue weighted by molar-refractivity contribution is -0.409. The highest BCUT2D eigenvalue weighted by atomic mass is 79.9. The topological polar surface area (TPSA) is 43.1 Å². The van der Waals surface area contributed by atoms with Crippen LogP contribution in [0.5, 0.6) is 0 Å². The Hall–Kier alpha value is -0.380. The van der Waals surface area contributed by atoms with E-state index < -0.39 is 4.92 Å². The van der Waals surface area contributed by atoms with E-state index in [9.17, 15) is 10.1 Å². The van der Waals surface area contributed by atoms with Crippen molar-refractivity contribution in [1.29, 1.82) is 0 Å². The summed E-state index contributed by atoms with van der Waals surface area (Å²) in [4.78, 5) is 9.45. The first-order valence-corrected chi connectivity index (χ1v) is 3.47. The molecule has 0 atom stereocenters. The molecular weight excluding hydrogens is 186 g/mol.